The van der Waals surface area contributed by atoms with Crippen molar-refractivity contribution < 1.29 is 29.4 Å². The van der Waals surface area contributed by atoms with E-state index in [4.69, 9.17) is 14.7 Å². The second kappa shape index (κ2) is 11.6. The van der Waals surface area contributed by atoms with Crippen LogP contribution < -0.4 is 19.9 Å². The molecule has 0 aliphatic carbocycles. The van der Waals surface area contributed by atoms with Gasteiger partial charge < -0.3 is 19.5 Å². The smallest absolute Gasteiger partial charge is 0.324 e. The molecule has 3 N–H and O–H groups in total. The minimum atomic E-state index is -0.981. The van der Waals surface area contributed by atoms with Gasteiger partial charge in [-0.2, -0.15) is 0 Å². The number of rotatable bonds is 6. The lowest BCUT2D eigenvalue weighted by molar-refractivity contribution is -0.0162. The normalized spacial score (nSPS) is 15.2. The third-order valence-corrected chi connectivity index (χ3v) is 7.93. The summed E-state index contributed by atoms with van der Waals surface area (Å²) in [7, 11) is 0. The Kier molecular flexibility index (Phi) is 7.52. The molecule has 9 heteroatoms. The number of hydroxylamine groups is 1. The second-order valence-electron chi connectivity index (χ2n) is 10.5. The Hall–Kier alpha value is -4.86. The number of aliphatic hydroxyl groups is 1. The van der Waals surface area contributed by atoms with Gasteiger partial charge in [-0.25, -0.2) is 10.3 Å². The lowest BCUT2D eigenvalue weighted by Crippen LogP contribution is -2.50. The third-order valence-electron chi connectivity index (χ3n) is 7.93. The first-order valence-corrected chi connectivity index (χ1v) is 13.8. The highest BCUT2D eigenvalue weighted by Crippen LogP contribution is 2.37. The fourth-order valence-corrected chi connectivity index (χ4v) is 5.48. The Bertz CT molecular complexity index is 1580. The number of nitrogens with zero attached hydrogens (tertiary/aromatic N) is 2. The van der Waals surface area contributed by atoms with Crippen molar-refractivity contribution in [2.75, 3.05) is 24.8 Å². The summed E-state index contributed by atoms with van der Waals surface area (Å²) in [5.74, 6) is 0.771. The fraction of sp³-hybridized carbons (Fsp3) is 0.212. The molecule has 2 aliphatic heterocycles. The van der Waals surface area contributed by atoms with E-state index in [1.54, 1.807) is 39.5 Å². The average molecular weight is 566 g/mol. The molecule has 42 heavy (non-hydrogen) atoms. The van der Waals surface area contributed by atoms with Crippen LogP contribution in [0.3, 0.4) is 0 Å². The largest absolute Gasteiger partial charge is 0.454 e. The SMILES string of the molecule is O=C(NO)c1ccc(CN(C(=O)N2CCC(O)(c3ccccc3)CC2)c2cccc(-c3ccc4c(c3)OCO4)c2)cc1. The quantitative estimate of drug-likeness (QED) is 0.216. The van der Waals surface area contributed by atoms with E-state index in [0.29, 0.717) is 48.7 Å². The number of carbonyl (C=O) groups excluding carboxylic acids is 2. The maximum Gasteiger partial charge on any atom is 0.324 e. The molecule has 214 valence electrons. The monoisotopic (exact) mass is 565 g/mol. The van der Waals surface area contributed by atoms with Crippen molar-refractivity contribution in [3.05, 3.63) is 114 Å². The molecule has 9 nitrogen and oxygen atoms in total. The third kappa shape index (κ3) is 5.52. The molecule has 1 saturated heterocycles. The second-order valence-corrected chi connectivity index (χ2v) is 10.5. The first-order valence-electron chi connectivity index (χ1n) is 13.8. The summed E-state index contributed by atoms with van der Waals surface area (Å²) in [4.78, 5) is 29.4. The Morgan fingerprint density at radius 1 is 0.833 bits per heavy atom. The van der Waals surface area contributed by atoms with Gasteiger partial charge in [-0.1, -0.05) is 60.7 Å². The molecule has 0 aromatic heterocycles. The van der Waals surface area contributed by atoms with E-state index in [1.165, 1.54) is 0 Å². The average Bonchev–Trinajstić information content (AvgIpc) is 3.52. The Labute approximate surface area is 243 Å². The summed E-state index contributed by atoms with van der Waals surface area (Å²) >= 11 is 0. The fourth-order valence-electron chi connectivity index (χ4n) is 5.48. The van der Waals surface area contributed by atoms with Crippen molar-refractivity contribution in [1.29, 1.82) is 0 Å². The minimum Gasteiger partial charge on any atom is -0.454 e. The number of likely N-dealkylation sites (tertiary alicyclic amines) is 1. The topological polar surface area (TPSA) is 112 Å². The van der Waals surface area contributed by atoms with Gasteiger partial charge in [0.1, 0.15) is 0 Å². The molecule has 4 aromatic rings. The summed E-state index contributed by atoms with van der Waals surface area (Å²) in [6.45, 7) is 1.25. The molecule has 0 unspecified atom stereocenters. The molecule has 0 spiro atoms. The summed E-state index contributed by atoms with van der Waals surface area (Å²) in [5, 5.41) is 20.3. The van der Waals surface area contributed by atoms with E-state index in [-0.39, 0.29) is 19.4 Å². The number of piperidine rings is 1. The van der Waals surface area contributed by atoms with Crippen LogP contribution in [-0.4, -0.2) is 47.0 Å². The Morgan fingerprint density at radius 3 is 2.29 bits per heavy atom. The number of urea groups is 1. The van der Waals surface area contributed by atoms with Crippen molar-refractivity contribution in [2.24, 2.45) is 0 Å². The molecular weight excluding hydrogens is 534 g/mol. The lowest BCUT2D eigenvalue weighted by atomic mass is 9.84. The van der Waals surface area contributed by atoms with E-state index in [9.17, 15) is 14.7 Å². The molecule has 0 radical (unpaired) electrons. The standard InChI is InChI=1S/C33H31N3O6/c37-31(34-40)24-11-9-23(10-12-24)21-36(32(38)35-17-15-33(39,16-18-35)27-6-2-1-3-7-27)28-8-4-5-25(19-28)26-13-14-29-30(20-26)42-22-41-29/h1-14,19-20,39-40H,15-18,21-22H2,(H,34,37). The maximum absolute atomic E-state index is 14.1. The number of nitrogens with one attached hydrogen (secondary N) is 1. The zero-order valence-electron chi connectivity index (χ0n) is 22.9. The molecule has 4 aromatic carbocycles. The highest BCUT2D eigenvalue weighted by molar-refractivity contribution is 5.94. The van der Waals surface area contributed by atoms with Crippen LogP contribution in [-0.2, 0) is 12.1 Å². The summed E-state index contributed by atoms with van der Waals surface area (Å²) < 4.78 is 11.0. The van der Waals surface area contributed by atoms with E-state index in [2.05, 4.69) is 0 Å². The number of carbonyl (C=O) groups is 2. The maximum atomic E-state index is 14.1. The number of ether oxygens (including phenoxy) is 2. The Morgan fingerprint density at radius 2 is 1.55 bits per heavy atom. The molecule has 3 amide bonds. The van der Waals surface area contributed by atoms with Gasteiger partial charge in [-0.3, -0.25) is 14.9 Å². The molecule has 0 bridgehead atoms. The zero-order chi connectivity index (χ0) is 29.1. The first kappa shape index (κ1) is 27.3. The Balaban J connectivity index is 1.28. The first-order chi connectivity index (χ1) is 20.4. The number of hydrogen-bond acceptors (Lipinski definition) is 6. The van der Waals surface area contributed by atoms with Crippen LogP contribution in [0.4, 0.5) is 10.5 Å². The van der Waals surface area contributed by atoms with Crippen LogP contribution in [0.1, 0.15) is 34.3 Å². The molecular formula is C33H31N3O6. The van der Waals surface area contributed by atoms with Crippen LogP contribution >= 0.6 is 0 Å². The molecule has 2 aliphatic rings. The highest BCUT2D eigenvalue weighted by atomic mass is 16.7. The number of amides is 3. The van der Waals surface area contributed by atoms with Crippen LogP contribution in [0.5, 0.6) is 11.5 Å². The minimum absolute atomic E-state index is 0.176. The van der Waals surface area contributed by atoms with Crippen LogP contribution in [0, 0.1) is 0 Å². The van der Waals surface area contributed by atoms with Crippen LogP contribution in [0.25, 0.3) is 11.1 Å². The van der Waals surface area contributed by atoms with Gasteiger partial charge in [0, 0.05) is 24.3 Å². The molecule has 2 heterocycles. The van der Waals surface area contributed by atoms with Gasteiger partial charge in [0.15, 0.2) is 11.5 Å². The summed E-state index contributed by atoms with van der Waals surface area (Å²) in [5.41, 5.74) is 5.18. The van der Waals surface area contributed by atoms with Crippen molar-refractivity contribution in [2.45, 2.75) is 25.0 Å². The molecule has 6 rings (SSSR count). The van der Waals surface area contributed by atoms with Crippen molar-refractivity contribution in [3.8, 4) is 22.6 Å². The molecule has 0 atom stereocenters. The molecule has 1 fully saturated rings. The van der Waals surface area contributed by atoms with E-state index in [1.807, 2.05) is 72.8 Å². The van der Waals surface area contributed by atoms with Crippen LogP contribution in [0.2, 0.25) is 0 Å². The van der Waals surface area contributed by atoms with Gasteiger partial charge in [0.2, 0.25) is 6.79 Å². The van der Waals surface area contributed by atoms with Gasteiger partial charge in [0.25, 0.3) is 5.91 Å². The van der Waals surface area contributed by atoms with E-state index in [0.717, 1.165) is 22.3 Å². The highest BCUT2D eigenvalue weighted by Gasteiger charge is 2.36. The van der Waals surface area contributed by atoms with E-state index >= 15 is 0 Å². The van der Waals surface area contributed by atoms with Crippen LogP contribution in [0.15, 0.2) is 97.1 Å². The van der Waals surface area contributed by atoms with Crippen molar-refractivity contribution in [1.82, 2.24) is 10.4 Å². The number of fused-ring (bicyclic) bond motifs is 1. The predicted octanol–water partition coefficient (Wildman–Crippen LogP) is 5.31. The lowest BCUT2D eigenvalue weighted by Gasteiger charge is -2.40. The predicted molar refractivity (Wildman–Crippen MR) is 156 cm³/mol. The molecule has 0 saturated carbocycles. The van der Waals surface area contributed by atoms with Gasteiger partial charge in [0.05, 0.1) is 12.1 Å². The number of benzene rings is 4. The summed E-state index contributed by atoms with van der Waals surface area (Å²) in [6, 6.07) is 29.7. The van der Waals surface area contributed by atoms with Crippen molar-refractivity contribution in [3.63, 3.8) is 0 Å². The zero-order valence-corrected chi connectivity index (χ0v) is 22.9. The van der Waals surface area contributed by atoms with Gasteiger partial charge in [-0.05, 0) is 71.5 Å². The van der Waals surface area contributed by atoms with E-state index < -0.39 is 11.5 Å². The number of anilines is 1. The summed E-state index contributed by atoms with van der Waals surface area (Å²) in [6.07, 6.45) is 0.859. The van der Waals surface area contributed by atoms with Gasteiger partial charge >= 0.3 is 6.03 Å². The van der Waals surface area contributed by atoms with Crippen molar-refractivity contribution >= 4 is 17.6 Å². The number of hydrogen-bond donors (Lipinski definition) is 3. The van der Waals surface area contributed by atoms with Gasteiger partial charge in [-0.15, -0.1) is 0 Å².